The summed E-state index contributed by atoms with van der Waals surface area (Å²) in [6, 6.07) is 1.70. The number of nitrogens with one attached hydrogen (secondary N) is 1. The maximum absolute atomic E-state index is 11.1. The molecule has 0 saturated heterocycles. The smallest absolute Gasteiger partial charge is 0.250 e. The van der Waals surface area contributed by atoms with E-state index in [1.807, 2.05) is 6.20 Å². The molecule has 0 spiro atoms. The molecule has 2 heterocycles. The Bertz CT molecular complexity index is 340. The minimum absolute atomic E-state index is 0.0763. The van der Waals surface area contributed by atoms with Crippen molar-refractivity contribution in [3.63, 3.8) is 0 Å². The van der Waals surface area contributed by atoms with Gasteiger partial charge in [0.25, 0.3) is 5.56 Å². The lowest BCUT2D eigenvalue weighted by Crippen LogP contribution is -2.15. The zero-order valence-corrected chi connectivity index (χ0v) is 6.42. The number of nitrogens with zero attached hydrogens (tertiary/aromatic N) is 1. The predicted molar refractivity (Wildman–Crippen MR) is 42.2 cm³/mol. The number of aryl methyl sites for hydroxylation is 1. The van der Waals surface area contributed by atoms with Crippen molar-refractivity contribution in [3.05, 3.63) is 33.7 Å². The van der Waals surface area contributed by atoms with E-state index in [9.17, 15) is 4.79 Å². The second-order valence-electron chi connectivity index (χ2n) is 2.88. The van der Waals surface area contributed by atoms with E-state index in [4.69, 9.17) is 0 Å². The highest BCUT2D eigenvalue weighted by Gasteiger charge is 2.10. The van der Waals surface area contributed by atoms with Crippen LogP contribution in [0, 0.1) is 0 Å². The third-order valence-corrected chi connectivity index (χ3v) is 2.04. The third-order valence-electron chi connectivity index (χ3n) is 2.04. The lowest BCUT2D eigenvalue weighted by atomic mass is 10.2. The van der Waals surface area contributed by atoms with Crippen LogP contribution in [0.3, 0.4) is 0 Å². The van der Waals surface area contributed by atoms with Crippen LogP contribution < -0.4 is 10.9 Å². The highest BCUT2D eigenvalue weighted by molar-refractivity contribution is 5.26. The summed E-state index contributed by atoms with van der Waals surface area (Å²) in [6.07, 6.45) is 1.90. The van der Waals surface area contributed by atoms with Gasteiger partial charge in [-0.15, -0.1) is 0 Å². The van der Waals surface area contributed by atoms with Crippen molar-refractivity contribution in [1.29, 1.82) is 0 Å². The van der Waals surface area contributed by atoms with Crippen LogP contribution in [0.2, 0.25) is 0 Å². The van der Waals surface area contributed by atoms with E-state index in [1.165, 1.54) is 5.56 Å². The first-order valence-electron chi connectivity index (χ1n) is 3.66. The van der Waals surface area contributed by atoms with Crippen molar-refractivity contribution in [3.8, 4) is 0 Å². The maximum atomic E-state index is 11.1. The summed E-state index contributed by atoms with van der Waals surface area (Å²) < 4.78 is 1.62. The van der Waals surface area contributed by atoms with E-state index in [0.717, 1.165) is 18.7 Å². The zero-order valence-electron chi connectivity index (χ0n) is 6.42. The summed E-state index contributed by atoms with van der Waals surface area (Å²) in [7, 11) is 1.78. The van der Waals surface area contributed by atoms with E-state index in [1.54, 1.807) is 17.7 Å². The minimum atomic E-state index is 0.0763. The monoisotopic (exact) mass is 150 g/mol. The molecule has 1 aliphatic rings. The molecule has 1 N–H and O–H groups in total. The van der Waals surface area contributed by atoms with E-state index >= 15 is 0 Å². The van der Waals surface area contributed by atoms with Gasteiger partial charge in [0.2, 0.25) is 0 Å². The highest BCUT2D eigenvalue weighted by atomic mass is 16.1. The van der Waals surface area contributed by atoms with Gasteiger partial charge >= 0.3 is 0 Å². The molecule has 3 heteroatoms. The Hall–Kier alpha value is -1.09. The van der Waals surface area contributed by atoms with Crippen molar-refractivity contribution in [2.45, 2.75) is 13.1 Å². The molecule has 0 radical (unpaired) electrons. The van der Waals surface area contributed by atoms with Gasteiger partial charge in [0, 0.05) is 32.4 Å². The average molecular weight is 150 g/mol. The first kappa shape index (κ1) is 6.61. The third kappa shape index (κ3) is 0.973. The van der Waals surface area contributed by atoms with Gasteiger partial charge in [0.05, 0.1) is 0 Å². The molecule has 1 aromatic rings. The van der Waals surface area contributed by atoms with Gasteiger partial charge in [0.15, 0.2) is 0 Å². The van der Waals surface area contributed by atoms with Gasteiger partial charge in [-0.05, 0) is 11.1 Å². The Kier molecular flexibility index (Phi) is 1.32. The number of hydrogen-bond acceptors (Lipinski definition) is 2. The van der Waals surface area contributed by atoms with Crippen LogP contribution in [-0.4, -0.2) is 4.57 Å². The van der Waals surface area contributed by atoms with Crippen LogP contribution in [0.1, 0.15) is 11.1 Å². The molecule has 1 aliphatic heterocycles. The number of fused-ring (bicyclic) bond motifs is 1. The molecule has 0 bridgehead atoms. The molecule has 0 amide bonds. The molecule has 1 aromatic heterocycles. The highest BCUT2D eigenvalue weighted by Crippen LogP contribution is 2.10. The van der Waals surface area contributed by atoms with Crippen molar-refractivity contribution in [2.24, 2.45) is 7.05 Å². The molecule has 2 rings (SSSR count). The summed E-state index contributed by atoms with van der Waals surface area (Å²) >= 11 is 0. The Balaban J connectivity index is 2.66. The first-order valence-corrected chi connectivity index (χ1v) is 3.66. The van der Waals surface area contributed by atoms with Crippen molar-refractivity contribution < 1.29 is 0 Å². The lowest BCUT2D eigenvalue weighted by Gasteiger charge is -1.99. The number of aromatic nitrogens is 1. The minimum Gasteiger partial charge on any atom is -0.318 e. The Morgan fingerprint density at radius 1 is 1.45 bits per heavy atom. The van der Waals surface area contributed by atoms with Gasteiger partial charge in [-0.25, -0.2) is 0 Å². The molecule has 58 valence electrons. The van der Waals surface area contributed by atoms with Crippen LogP contribution in [0.15, 0.2) is 17.1 Å². The second kappa shape index (κ2) is 2.20. The van der Waals surface area contributed by atoms with Crippen LogP contribution in [0.25, 0.3) is 0 Å². The normalized spacial score (nSPS) is 15.0. The molecule has 0 atom stereocenters. The zero-order chi connectivity index (χ0) is 7.84. The topological polar surface area (TPSA) is 34.0 Å². The Morgan fingerprint density at radius 3 is 3.00 bits per heavy atom. The number of pyridine rings is 1. The van der Waals surface area contributed by atoms with Gasteiger partial charge in [-0.2, -0.15) is 0 Å². The van der Waals surface area contributed by atoms with Crippen LogP contribution in [-0.2, 0) is 20.1 Å². The summed E-state index contributed by atoms with van der Waals surface area (Å²) in [5.74, 6) is 0. The molecule has 0 aliphatic carbocycles. The second-order valence-corrected chi connectivity index (χ2v) is 2.88. The molecule has 0 fully saturated rings. The van der Waals surface area contributed by atoms with Gasteiger partial charge in [-0.1, -0.05) is 0 Å². The summed E-state index contributed by atoms with van der Waals surface area (Å²) in [5.41, 5.74) is 2.47. The molecule has 3 nitrogen and oxygen atoms in total. The van der Waals surface area contributed by atoms with Crippen LogP contribution in [0.5, 0.6) is 0 Å². The SMILES string of the molecule is Cn1cc2c(cc1=O)CNC2. The van der Waals surface area contributed by atoms with Crippen molar-refractivity contribution in [1.82, 2.24) is 9.88 Å². The fraction of sp³-hybridized carbons (Fsp3) is 0.375. The quantitative estimate of drug-likeness (QED) is 0.564. The first-order chi connectivity index (χ1) is 5.27. The summed E-state index contributed by atoms with van der Waals surface area (Å²) in [5, 5.41) is 3.19. The van der Waals surface area contributed by atoms with Crippen LogP contribution in [0.4, 0.5) is 0 Å². The predicted octanol–water partition coefficient (Wildman–Crippen LogP) is -0.0115. The lowest BCUT2D eigenvalue weighted by molar-refractivity contribution is 0.762. The van der Waals surface area contributed by atoms with Gasteiger partial charge in [0.1, 0.15) is 0 Å². The van der Waals surface area contributed by atoms with Crippen LogP contribution >= 0.6 is 0 Å². The Labute approximate surface area is 64.7 Å². The van der Waals surface area contributed by atoms with E-state index in [2.05, 4.69) is 5.32 Å². The van der Waals surface area contributed by atoms with E-state index in [-0.39, 0.29) is 5.56 Å². The molecular weight excluding hydrogens is 140 g/mol. The maximum Gasteiger partial charge on any atom is 0.250 e. The van der Waals surface area contributed by atoms with Gasteiger partial charge in [-0.3, -0.25) is 4.79 Å². The molecule has 11 heavy (non-hydrogen) atoms. The van der Waals surface area contributed by atoms with E-state index < -0.39 is 0 Å². The molecule has 0 aromatic carbocycles. The van der Waals surface area contributed by atoms with Crippen molar-refractivity contribution >= 4 is 0 Å². The van der Waals surface area contributed by atoms with Gasteiger partial charge < -0.3 is 9.88 Å². The Morgan fingerprint density at radius 2 is 2.18 bits per heavy atom. The fourth-order valence-electron chi connectivity index (χ4n) is 1.38. The number of hydrogen-bond donors (Lipinski definition) is 1. The number of rotatable bonds is 0. The largest absolute Gasteiger partial charge is 0.318 e. The molecular formula is C8H10N2O. The standard InChI is InChI=1S/C8H10N2O/c1-10-5-7-4-9-3-6(7)2-8(10)11/h2,5,9H,3-4H2,1H3. The average Bonchev–Trinajstić information content (AvgIpc) is 2.36. The van der Waals surface area contributed by atoms with Crippen molar-refractivity contribution in [2.75, 3.05) is 0 Å². The van der Waals surface area contributed by atoms with E-state index in [0.29, 0.717) is 0 Å². The molecule has 0 saturated carbocycles. The summed E-state index contributed by atoms with van der Waals surface area (Å²) in [6.45, 7) is 1.73. The fourth-order valence-corrected chi connectivity index (χ4v) is 1.38. The molecule has 0 unspecified atom stereocenters. The summed E-state index contributed by atoms with van der Waals surface area (Å²) in [4.78, 5) is 11.1.